The molecule has 7 heteroatoms. The van der Waals surface area contributed by atoms with Gasteiger partial charge in [0.15, 0.2) is 0 Å². The first-order valence-electron chi connectivity index (χ1n) is 7.50. The minimum Gasteiger partial charge on any atom is -0.464 e. The average molecular weight is 340 g/mol. The maximum absolute atomic E-state index is 13.6. The number of rotatable bonds is 7. The van der Waals surface area contributed by atoms with Gasteiger partial charge in [-0.3, -0.25) is 4.79 Å². The zero-order chi connectivity index (χ0) is 17.9. The highest BCUT2D eigenvalue weighted by atomic mass is 19.1. The van der Waals surface area contributed by atoms with Crippen molar-refractivity contribution in [3.05, 3.63) is 35.6 Å². The van der Waals surface area contributed by atoms with Crippen molar-refractivity contribution < 1.29 is 32.6 Å². The number of hydrogen-bond donors (Lipinski definition) is 0. The van der Waals surface area contributed by atoms with Crippen molar-refractivity contribution >= 4 is 11.9 Å². The number of hydrogen-bond acceptors (Lipinski definition) is 6. The summed E-state index contributed by atoms with van der Waals surface area (Å²) in [7, 11) is 2.65. The first-order chi connectivity index (χ1) is 11.3. The summed E-state index contributed by atoms with van der Waals surface area (Å²) >= 11 is 0. The fourth-order valence-corrected chi connectivity index (χ4v) is 2.71. The van der Waals surface area contributed by atoms with Crippen LogP contribution in [0.25, 0.3) is 0 Å². The minimum atomic E-state index is -1.05. The molecule has 2 rings (SSSR count). The standard InChI is InChI=1S/C17H21FO6/c1-17(2)12(7-13(18)15(19)22-4)14(17)16(20)23-9-11-6-5-10(24-11)8-21-3/h5-7,12,14H,8-9H2,1-4H3/b13-7-/t12-,14-/m0/s1. The van der Waals surface area contributed by atoms with Crippen molar-refractivity contribution in [2.45, 2.75) is 27.1 Å². The molecule has 1 saturated carbocycles. The molecule has 0 N–H and O–H groups in total. The Morgan fingerprint density at radius 1 is 1.25 bits per heavy atom. The number of allylic oxidation sites excluding steroid dienone is 1. The Kier molecular flexibility index (Phi) is 5.43. The molecular formula is C17H21FO6. The topological polar surface area (TPSA) is 75.0 Å². The zero-order valence-electron chi connectivity index (χ0n) is 14.1. The number of halogens is 1. The summed E-state index contributed by atoms with van der Waals surface area (Å²) in [4.78, 5) is 23.3. The monoisotopic (exact) mass is 340 g/mol. The van der Waals surface area contributed by atoms with Gasteiger partial charge in [-0.05, 0) is 29.5 Å². The molecule has 0 amide bonds. The fourth-order valence-electron chi connectivity index (χ4n) is 2.71. The first kappa shape index (κ1) is 18.2. The van der Waals surface area contributed by atoms with E-state index in [0.717, 1.165) is 13.2 Å². The highest BCUT2D eigenvalue weighted by molar-refractivity contribution is 5.86. The van der Waals surface area contributed by atoms with Gasteiger partial charge in [0.25, 0.3) is 0 Å². The lowest BCUT2D eigenvalue weighted by atomic mass is 10.1. The van der Waals surface area contributed by atoms with Crippen LogP contribution in [0.2, 0.25) is 0 Å². The fraction of sp³-hybridized carbons (Fsp3) is 0.529. The summed E-state index contributed by atoms with van der Waals surface area (Å²) in [6.45, 7) is 3.96. The summed E-state index contributed by atoms with van der Waals surface area (Å²) in [6, 6.07) is 3.44. The molecule has 24 heavy (non-hydrogen) atoms. The second kappa shape index (κ2) is 7.17. The molecule has 132 valence electrons. The zero-order valence-corrected chi connectivity index (χ0v) is 14.1. The lowest BCUT2D eigenvalue weighted by molar-refractivity contribution is -0.148. The maximum Gasteiger partial charge on any atom is 0.366 e. The molecule has 1 fully saturated rings. The molecular weight excluding hydrogens is 319 g/mol. The highest BCUT2D eigenvalue weighted by Crippen LogP contribution is 2.60. The number of furan rings is 1. The first-order valence-corrected chi connectivity index (χ1v) is 7.50. The van der Waals surface area contributed by atoms with Gasteiger partial charge in [-0.15, -0.1) is 0 Å². The van der Waals surface area contributed by atoms with E-state index in [0.29, 0.717) is 18.1 Å². The Hall–Kier alpha value is -2.15. The van der Waals surface area contributed by atoms with Crippen LogP contribution < -0.4 is 0 Å². The number of methoxy groups -OCH3 is 2. The molecule has 2 atom stereocenters. The number of carbonyl (C=O) groups is 2. The second-order valence-corrected chi connectivity index (χ2v) is 6.24. The van der Waals surface area contributed by atoms with Crippen molar-refractivity contribution in [2.24, 2.45) is 17.3 Å². The van der Waals surface area contributed by atoms with Crippen molar-refractivity contribution in [1.29, 1.82) is 0 Å². The molecule has 0 aromatic carbocycles. The Morgan fingerprint density at radius 2 is 1.88 bits per heavy atom. The number of carbonyl (C=O) groups excluding carboxylic acids is 2. The molecule has 1 aliphatic carbocycles. The third kappa shape index (κ3) is 3.84. The van der Waals surface area contributed by atoms with Crippen LogP contribution in [-0.4, -0.2) is 26.2 Å². The van der Waals surface area contributed by atoms with Crippen LogP contribution in [0.15, 0.2) is 28.5 Å². The SMILES string of the molecule is COCc1ccc(COC(=O)[C@@H]2[C@H](/C=C(\F)C(=O)OC)C2(C)C)o1. The number of esters is 2. The summed E-state index contributed by atoms with van der Waals surface area (Å²) in [5.74, 6) is -2.29. The van der Waals surface area contributed by atoms with Gasteiger partial charge in [-0.1, -0.05) is 13.8 Å². The molecule has 1 aromatic rings. The third-order valence-electron chi connectivity index (χ3n) is 4.23. The molecule has 0 radical (unpaired) electrons. The van der Waals surface area contributed by atoms with Crippen LogP contribution >= 0.6 is 0 Å². The minimum absolute atomic E-state index is 0.00888. The molecule has 6 nitrogen and oxygen atoms in total. The predicted octanol–water partition coefficient (Wildman–Crippen LogP) is 2.77. The van der Waals surface area contributed by atoms with E-state index in [1.54, 1.807) is 19.2 Å². The summed E-state index contributed by atoms with van der Waals surface area (Å²) < 4.78 is 33.5. The van der Waals surface area contributed by atoms with Gasteiger partial charge < -0.3 is 18.6 Å². The van der Waals surface area contributed by atoms with E-state index >= 15 is 0 Å². The van der Waals surface area contributed by atoms with Gasteiger partial charge >= 0.3 is 11.9 Å². The Morgan fingerprint density at radius 3 is 2.46 bits per heavy atom. The Bertz CT molecular complexity index is 645. The van der Waals surface area contributed by atoms with Gasteiger partial charge in [0.05, 0.1) is 13.0 Å². The van der Waals surface area contributed by atoms with Crippen molar-refractivity contribution in [2.75, 3.05) is 14.2 Å². The number of ether oxygens (including phenoxy) is 3. The molecule has 0 aliphatic heterocycles. The van der Waals surface area contributed by atoms with E-state index in [-0.39, 0.29) is 6.61 Å². The smallest absolute Gasteiger partial charge is 0.366 e. The molecule has 0 spiro atoms. The van der Waals surface area contributed by atoms with E-state index in [2.05, 4.69) is 4.74 Å². The predicted molar refractivity (Wildman–Crippen MR) is 81.2 cm³/mol. The van der Waals surface area contributed by atoms with Crippen LogP contribution in [0.1, 0.15) is 25.4 Å². The highest BCUT2D eigenvalue weighted by Gasteiger charge is 2.62. The van der Waals surface area contributed by atoms with Crippen LogP contribution in [-0.2, 0) is 37.0 Å². The molecule has 1 heterocycles. The molecule has 1 aliphatic rings. The molecule has 1 aromatic heterocycles. The van der Waals surface area contributed by atoms with Crippen LogP contribution in [0.5, 0.6) is 0 Å². The van der Waals surface area contributed by atoms with Crippen molar-refractivity contribution in [3.63, 3.8) is 0 Å². The largest absolute Gasteiger partial charge is 0.464 e. The lowest BCUT2D eigenvalue weighted by Crippen LogP contribution is -2.10. The molecule has 0 saturated heterocycles. The van der Waals surface area contributed by atoms with E-state index < -0.39 is 35.0 Å². The van der Waals surface area contributed by atoms with E-state index in [9.17, 15) is 14.0 Å². The average Bonchev–Trinajstić information content (AvgIpc) is 2.87. The van der Waals surface area contributed by atoms with Gasteiger partial charge in [-0.25, -0.2) is 4.79 Å². The lowest BCUT2D eigenvalue weighted by Gasteiger charge is -2.04. The van der Waals surface area contributed by atoms with E-state index in [1.807, 2.05) is 13.8 Å². The van der Waals surface area contributed by atoms with E-state index in [1.165, 1.54) is 0 Å². The molecule has 0 unspecified atom stereocenters. The van der Waals surface area contributed by atoms with Crippen LogP contribution in [0.4, 0.5) is 4.39 Å². The third-order valence-corrected chi connectivity index (χ3v) is 4.23. The van der Waals surface area contributed by atoms with Gasteiger partial charge in [0.2, 0.25) is 5.83 Å². The van der Waals surface area contributed by atoms with Gasteiger partial charge in [-0.2, -0.15) is 4.39 Å². The Labute approximate surface area is 139 Å². The van der Waals surface area contributed by atoms with E-state index in [4.69, 9.17) is 13.9 Å². The van der Waals surface area contributed by atoms with Crippen LogP contribution in [0, 0.1) is 17.3 Å². The molecule has 0 bridgehead atoms. The Balaban J connectivity index is 1.93. The van der Waals surface area contributed by atoms with Crippen molar-refractivity contribution in [3.8, 4) is 0 Å². The maximum atomic E-state index is 13.6. The summed E-state index contributed by atoms with van der Waals surface area (Å²) in [6.07, 6.45) is 1.13. The van der Waals surface area contributed by atoms with Gasteiger partial charge in [0, 0.05) is 7.11 Å². The van der Waals surface area contributed by atoms with Crippen molar-refractivity contribution in [1.82, 2.24) is 0 Å². The van der Waals surface area contributed by atoms with Crippen LogP contribution in [0.3, 0.4) is 0 Å². The quantitative estimate of drug-likeness (QED) is 0.561. The summed E-state index contributed by atoms with van der Waals surface area (Å²) in [5, 5.41) is 0. The normalized spacial score (nSPS) is 22.1. The van der Waals surface area contributed by atoms with Gasteiger partial charge in [0.1, 0.15) is 24.7 Å². The summed E-state index contributed by atoms with van der Waals surface area (Å²) in [5.41, 5.74) is -0.479. The second-order valence-electron chi connectivity index (χ2n) is 6.24.